The molecule has 2 rings (SSSR count). The van der Waals surface area contributed by atoms with Gasteiger partial charge in [0, 0.05) is 7.26 Å². The molecule has 0 spiro atoms. The normalized spacial score (nSPS) is 12.1. The van der Waals surface area contributed by atoms with Crippen molar-refractivity contribution in [2.45, 2.75) is 51.3 Å². The van der Waals surface area contributed by atoms with Gasteiger partial charge in [0.1, 0.15) is 0 Å². The molecule has 0 fully saturated rings. The molecule has 0 heterocycles. The molecule has 0 aliphatic heterocycles. The van der Waals surface area contributed by atoms with Crippen LogP contribution in [0.3, 0.4) is 0 Å². The van der Waals surface area contributed by atoms with Crippen molar-refractivity contribution in [1.29, 1.82) is 0 Å². The van der Waals surface area contributed by atoms with Crippen LogP contribution < -0.4 is 0 Å². The van der Waals surface area contributed by atoms with E-state index in [1.165, 1.54) is 23.5 Å². The van der Waals surface area contributed by atoms with E-state index in [0.717, 1.165) is 11.3 Å². The second-order valence-corrected chi connectivity index (χ2v) is 11.5. The van der Waals surface area contributed by atoms with Gasteiger partial charge in [-0.2, -0.15) is 0 Å². The third-order valence-corrected chi connectivity index (χ3v) is 10.7. The van der Waals surface area contributed by atoms with E-state index in [1.54, 1.807) is 0 Å². The standard InChI is InChI=1S/C20H28P/c1-17(2)21(18(3)4,15-19-11-7-5-8-12-19)16-20-13-9-6-10-14-20/h5-14,17-18H,15-16H2,1-4H3/q+1. The highest BCUT2D eigenvalue weighted by atomic mass is 31.2. The molecule has 0 radical (unpaired) electrons. The third kappa shape index (κ3) is 3.95. The summed E-state index contributed by atoms with van der Waals surface area (Å²) < 4.78 is 0. The molecule has 1 heteroatoms. The van der Waals surface area contributed by atoms with Crippen molar-refractivity contribution in [2.75, 3.05) is 0 Å². The summed E-state index contributed by atoms with van der Waals surface area (Å²) in [6.45, 7) is 9.72. The maximum Gasteiger partial charge on any atom is 0.0851 e. The maximum atomic E-state index is 2.43. The highest BCUT2D eigenvalue weighted by Crippen LogP contribution is 2.70. The largest absolute Gasteiger partial charge is 0.0851 e. The molecule has 0 N–H and O–H groups in total. The lowest BCUT2D eigenvalue weighted by Gasteiger charge is -2.35. The van der Waals surface area contributed by atoms with Gasteiger partial charge in [-0.15, -0.1) is 0 Å². The van der Waals surface area contributed by atoms with Crippen LogP contribution in [0.2, 0.25) is 0 Å². The van der Waals surface area contributed by atoms with Gasteiger partial charge in [-0.3, -0.25) is 0 Å². The van der Waals surface area contributed by atoms with Gasteiger partial charge in [0.15, 0.2) is 0 Å². The second kappa shape index (κ2) is 7.23. The summed E-state index contributed by atoms with van der Waals surface area (Å²) in [5, 5.41) is 0. The van der Waals surface area contributed by atoms with E-state index in [0.29, 0.717) is 0 Å². The highest BCUT2D eigenvalue weighted by molar-refractivity contribution is 7.75. The molecule has 2 aromatic rings. The molecule has 112 valence electrons. The van der Waals surface area contributed by atoms with Crippen molar-refractivity contribution < 1.29 is 0 Å². The summed E-state index contributed by atoms with van der Waals surface area (Å²) in [4.78, 5) is 0. The van der Waals surface area contributed by atoms with E-state index >= 15 is 0 Å². The number of benzene rings is 2. The van der Waals surface area contributed by atoms with Crippen LogP contribution >= 0.6 is 7.26 Å². The molecule has 0 unspecified atom stereocenters. The minimum atomic E-state index is -1.08. The van der Waals surface area contributed by atoms with E-state index in [1.807, 2.05) is 0 Å². The van der Waals surface area contributed by atoms with Crippen molar-refractivity contribution in [3.8, 4) is 0 Å². The smallest absolute Gasteiger partial charge is 0.0622 e. The number of rotatable bonds is 6. The van der Waals surface area contributed by atoms with Crippen LogP contribution in [0.5, 0.6) is 0 Å². The predicted octanol–water partition coefficient (Wildman–Crippen LogP) is 6.22. The zero-order valence-corrected chi connectivity index (χ0v) is 14.7. The minimum Gasteiger partial charge on any atom is -0.0622 e. The van der Waals surface area contributed by atoms with Crippen molar-refractivity contribution in [1.82, 2.24) is 0 Å². The average molecular weight is 299 g/mol. The quantitative estimate of drug-likeness (QED) is 0.555. The summed E-state index contributed by atoms with van der Waals surface area (Å²) in [6, 6.07) is 22.1. The van der Waals surface area contributed by atoms with Crippen LogP contribution in [0.1, 0.15) is 38.8 Å². The number of hydrogen-bond donors (Lipinski definition) is 0. The van der Waals surface area contributed by atoms with Gasteiger partial charge in [0.25, 0.3) is 0 Å². The Morgan fingerprint density at radius 3 is 1.24 bits per heavy atom. The molecule has 0 nitrogen and oxygen atoms in total. The van der Waals surface area contributed by atoms with Gasteiger partial charge in [-0.1, -0.05) is 60.7 Å². The van der Waals surface area contributed by atoms with Gasteiger partial charge in [0.2, 0.25) is 0 Å². The Morgan fingerprint density at radius 2 is 0.952 bits per heavy atom. The molecule has 0 amide bonds. The average Bonchev–Trinajstić information content (AvgIpc) is 2.48. The molecule has 0 aliphatic carbocycles. The fraction of sp³-hybridized carbons (Fsp3) is 0.400. The lowest BCUT2D eigenvalue weighted by atomic mass is 10.2. The Balaban J connectivity index is 2.34. The van der Waals surface area contributed by atoms with Gasteiger partial charge in [0.05, 0.1) is 23.6 Å². The number of hydrogen-bond acceptors (Lipinski definition) is 0. The Labute approximate surface area is 130 Å². The monoisotopic (exact) mass is 299 g/mol. The second-order valence-electron chi connectivity index (χ2n) is 6.58. The van der Waals surface area contributed by atoms with E-state index in [4.69, 9.17) is 0 Å². The van der Waals surface area contributed by atoms with Crippen LogP contribution in [0.25, 0.3) is 0 Å². The van der Waals surface area contributed by atoms with Crippen molar-refractivity contribution in [2.24, 2.45) is 0 Å². The van der Waals surface area contributed by atoms with E-state index in [2.05, 4.69) is 88.4 Å². The Kier molecular flexibility index (Phi) is 5.59. The zero-order valence-electron chi connectivity index (χ0n) is 13.8. The molecule has 0 bridgehead atoms. The highest BCUT2D eigenvalue weighted by Gasteiger charge is 2.44. The lowest BCUT2D eigenvalue weighted by Crippen LogP contribution is -2.19. The Hall–Kier alpha value is -1.13. The van der Waals surface area contributed by atoms with E-state index < -0.39 is 7.26 Å². The first kappa shape index (κ1) is 16.2. The first-order valence-electron chi connectivity index (χ1n) is 7.99. The first-order valence-corrected chi connectivity index (χ1v) is 10.3. The van der Waals surface area contributed by atoms with Crippen molar-refractivity contribution in [3.63, 3.8) is 0 Å². The first-order chi connectivity index (χ1) is 10.0. The predicted molar refractivity (Wildman–Crippen MR) is 97.5 cm³/mol. The van der Waals surface area contributed by atoms with Gasteiger partial charge in [-0.05, 0) is 38.8 Å². The lowest BCUT2D eigenvalue weighted by molar-refractivity contribution is 0.948. The molecule has 2 aromatic carbocycles. The van der Waals surface area contributed by atoms with Crippen molar-refractivity contribution >= 4 is 7.26 Å². The summed E-state index contributed by atoms with van der Waals surface area (Å²) in [5.41, 5.74) is 4.53. The van der Waals surface area contributed by atoms with Gasteiger partial charge >= 0.3 is 0 Å². The molecule has 0 saturated carbocycles. The Bertz CT molecular complexity index is 477. The summed E-state index contributed by atoms with van der Waals surface area (Å²) in [5.74, 6) is 0. The molecule has 0 saturated heterocycles. The van der Waals surface area contributed by atoms with Crippen LogP contribution in [0, 0.1) is 0 Å². The molecule has 0 aromatic heterocycles. The zero-order chi connectivity index (χ0) is 15.3. The minimum absolute atomic E-state index is 0.762. The van der Waals surface area contributed by atoms with E-state index in [9.17, 15) is 0 Å². The fourth-order valence-electron chi connectivity index (χ4n) is 3.23. The van der Waals surface area contributed by atoms with Gasteiger partial charge < -0.3 is 0 Å². The Morgan fingerprint density at radius 1 is 0.619 bits per heavy atom. The maximum absolute atomic E-state index is 2.43. The molecule has 0 aliphatic rings. The van der Waals surface area contributed by atoms with E-state index in [-0.39, 0.29) is 0 Å². The van der Waals surface area contributed by atoms with Crippen LogP contribution in [0.15, 0.2) is 60.7 Å². The fourth-order valence-corrected chi connectivity index (χ4v) is 7.78. The molecule has 0 atom stereocenters. The molecular formula is C20H28P+. The summed E-state index contributed by atoms with van der Waals surface area (Å²) in [7, 11) is -1.08. The van der Waals surface area contributed by atoms with Crippen molar-refractivity contribution in [3.05, 3.63) is 71.8 Å². The molecule has 21 heavy (non-hydrogen) atoms. The van der Waals surface area contributed by atoms with Gasteiger partial charge in [-0.25, -0.2) is 0 Å². The topological polar surface area (TPSA) is 0 Å². The van der Waals surface area contributed by atoms with Crippen LogP contribution in [-0.4, -0.2) is 11.3 Å². The van der Waals surface area contributed by atoms with Crippen LogP contribution in [0.4, 0.5) is 0 Å². The molecular weight excluding hydrogens is 271 g/mol. The summed E-state index contributed by atoms with van der Waals surface area (Å²) >= 11 is 0. The third-order valence-electron chi connectivity index (χ3n) is 4.70. The van der Waals surface area contributed by atoms with Crippen LogP contribution in [-0.2, 0) is 12.3 Å². The summed E-state index contributed by atoms with van der Waals surface area (Å²) in [6.07, 6.45) is 2.52. The SMILES string of the molecule is CC(C)[P+](Cc1ccccc1)(Cc1ccccc1)C(C)C.